The summed E-state index contributed by atoms with van der Waals surface area (Å²) in [5, 5.41) is 0. The molecule has 0 saturated carbocycles. The highest BCUT2D eigenvalue weighted by atomic mass is 15.0. The van der Waals surface area contributed by atoms with Crippen molar-refractivity contribution in [3.8, 4) is 102 Å². The maximum Gasteiger partial charge on any atom is 0.164 e. The van der Waals surface area contributed by atoms with E-state index in [1.807, 2.05) is 151 Å². The van der Waals surface area contributed by atoms with E-state index < -0.39 is 0 Å². The van der Waals surface area contributed by atoms with Crippen LogP contribution < -0.4 is 0 Å². The number of hydrogen-bond acceptors (Lipinski definition) is 9. The summed E-state index contributed by atoms with van der Waals surface area (Å²) < 4.78 is 0. The molecule has 66 heavy (non-hydrogen) atoms. The lowest BCUT2D eigenvalue weighted by Crippen LogP contribution is -2.02. The second-order valence-electron chi connectivity index (χ2n) is 16.7. The Kier molecular flexibility index (Phi) is 11.1. The van der Waals surface area contributed by atoms with Crippen LogP contribution in [0.3, 0.4) is 0 Å². The summed E-state index contributed by atoms with van der Waals surface area (Å²) in [5.74, 6) is 1.46. The first-order chi connectivity index (χ1) is 32.1. The molecule has 9 heteroatoms. The molecule has 0 radical (unpaired) electrons. The van der Waals surface area contributed by atoms with Crippen LogP contribution in [0.5, 0.6) is 0 Å². The van der Waals surface area contributed by atoms with E-state index >= 15 is 0 Å². The van der Waals surface area contributed by atoms with E-state index in [1.54, 1.807) is 0 Å². The summed E-state index contributed by atoms with van der Waals surface area (Å²) in [7, 11) is 0. The number of hydrogen-bond donors (Lipinski definition) is 0. The van der Waals surface area contributed by atoms with Crippen LogP contribution >= 0.6 is 0 Å². The number of benzene rings is 3. The van der Waals surface area contributed by atoms with Crippen molar-refractivity contribution in [2.75, 3.05) is 0 Å². The van der Waals surface area contributed by atoms with Gasteiger partial charge in [-0.2, -0.15) is 0 Å². The number of aryl methyl sites for hydroxylation is 6. The molecule has 0 saturated heterocycles. The van der Waals surface area contributed by atoms with Gasteiger partial charge in [-0.05, 0) is 169 Å². The summed E-state index contributed by atoms with van der Waals surface area (Å²) in [6.07, 6.45) is 0. The molecule has 0 fully saturated rings. The monoisotopic (exact) mass is 855 g/mol. The Balaban J connectivity index is 1.26. The molecule has 0 bridgehead atoms. The molecule has 9 nitrogen and oxygen atoms in total. The third-order valence-electron chi connectivity index (χ3n) is 11.3. The van der Waals surface area contributed by atoms with Gasteiger partial charge in [-0.15, -0.1) is 0 Å². The zero-order valence-electron chi connectivity index (χ0n) is 37.6. The Labute approximate surface area is 384 Å². The van der Waals surface area contributed by atoms with Gasteiger partial charge in [0, 0.05) is 84.2 Å². The molecule has 0 aliphatic rings. The highest BCUT2D eigenvalue weighted by molar-refractivity contribution is 5.83. The number of pyridine rings is 6. The SMILES string of the molecule is Cc1cccc(-c2cc(-c3cccc(C)n3)cc(-c3nc(-c4cc(-c5cccc(C)n5)cc(-c5cccc(C)n5)c4)nc(-c4cc(-c5cccc(C)n5)cc(-c5cccc(C)n5)c4)n3)c2)n1. The van der Waals surface area contributed by atoms with E-state index in [0.29, 0.717) is 17.5 Å². The van der Waals surface area contributed by atoms with Crippen LogP contribution in [0.2, 0.25) is 0 Å². The van der Waals surface area contributed by atoms with Gasteiger partial charge in [0.15, 0.2) is 17.5 Å². The van der Waals surface area contributed by atoms with E-state index in [4.69, 9.17) is 44.9 Å². The molecule has 0 amide bonds. The van der Waals surface area contributed by atoms with Crippen LogP contribution in [0.1, 0.15) is 34.2 Å². The first-order valence-corrected chi connectivity index (χ1v) is 21.9. The average Bonchev–Trinajstić information content (AvgIpc) is 3.33. The van der Waals surface area contributed by atoms with Crippen molar-refractivity contribution in [3.63, 3.8) is 0 Å². The van der Waals surface area contributed by atoms with Crippen molar-refractivity contribution in [2.24, 2.45) is 0 Å². The summed E-state index contributed by atoms with van der Waals surface area (Å²) in [5.41, 5.74) is 18.4. The van der Waals surface area contributed by atoms with Crippen molar-refractivity contribution in [1.82, 2.24) is 44.9 Å². The van der Waals surface area contributed by atoms with Crippen LogP contribution in [0, 0.1) is 41.5 Å². The summed E-state index contributed by atoms with van der Waals surface area (Å²) in [4.78, 5) is 45.7. The fraction of sp³-hybridized carbons (Fsp3) is 0.105. The summed E-state index contributed by atoms with van der Waals surface area (Å²) in [6.45, 7) is 12.0. The minimum absolute atomic E-state index is 0.488. The first kappa shape index (κ1) is 41.6. The van der Waals surface area contributed by atoms with Gasteiger partial charge in [-0.1, -0.05) is 36.4 Å². The average molecular weight is 856 g/mol. The van der Waals surface area contributed by atoms with Gasteiger partial charge >= 0.3 is 0 Å². The molecule has 3 aromatic carbocycles. The van der Waals surface area contributed by atoms with Crippen LogP contribution in [-0.4, -0.2) is 44.9 Å². The third-order valence-corrected chi connectivity index (χ3v) is 11.3. The Hall–Kier alpha value is -8.43. The molecule has 0 spiro atoms. The molecule has 10 aromatic rings. The normalized spacial score (nSPS) is 11.2. The zero-order valence-corrected chi connectivity index (χ0v) is 37.6. The van der Waals surface area contributed by atoms with Gasteiger partial charge in [0.2, 0.25) is 0 Å². The third kappa shape index (κ3) is 9.00. The van der Waals surface area contributed by atoms with E-state index in [-0.39, 0.29) is 0 Å². The summed E-state index contributed by atoms with van der Waals surface area (Å²) in [6, 6.07) is 55.4. The van der Waals surface area contributed by atoms with Crippen molar-refractivity contribution >= 4 is 0 Å². The van der Waals surface area contributed by atoms with Crippen LogP contribution in [-0.2, 0) is 0 Å². The van der Waals surface area contributed by atoms with Crippen molar-refractivity contribution < 1.29 is 0 Å². The highest BCUT2D eigenvalue weighted by Gasteiger charge is 2.20. The molecule has 7 heterocycles. The van der Waals surface area contributed by atoms with Gasteiger partial charge in [0.25, 0.3) is 0 Å². The van der Waals surface area contributed by atoms with Crippen molar-refractivity contribution in [2.45, 2.75) is 41.5 Å². The predicted molar refractivity (Wildman–Crippen MR) is 264 cm³/mol. The van der Waals surface area contributed by atoms with Crippen molar-refractivity contribution in [1.29, 1.82) is 0 Å². The van der Waals surface area contributed by atoms with Crippen LogP contribution in [0.4, 0.5) is 0 Å². The Bertz CT molecular complexity index is 2900. The quantitative estimate of drug-likeness (QED) is 0.140. The lowest BCUT2D eigenvalue weighted by atomic mass is 9.98. The lowest BCUT2D eigenvalue weighted by Gasteiger charge is -2.15. The maximum absolute atomic E-state index is 5.36. The minimum Gasteiger partial charge on any atom is -0.253 e. The molecule has 0 N–H and O–H groups in total. The zero-order chi connectivity index (χ0) is 45.3. The second kappa shape index (κ2) is 17.6. The molecule has 7 aromatic heterocycles. The van der Waals surface area contributed by atoms with Crippen molar-refractivity contribution in [3.05, 3.63) is 198 Å². The van der Waals surface area contributed by atoms with Crippen LogP contribution in [0.15, 0.2) is 164 Å². The van der Waals surface area contributed by atoms with Gasteiger partial charge in [0.05, 0.1) is 34.2 Å². The lowest BCUT2D eigenvalue weighted by molar-refractivity contribution is 1.07. The smallest absolute Gasteiger partial charge is 0.164 e. The minimum atomic E-state index is 0.488. The fourth-order valence-corrected chi connectivity index (χ4v) is 8.14. The topological polar surface area (TPSA) is 116 Å². The number of aromatic nitrogens is 9. The van der Waals surface area contributed by atoms with E-state index in [1.165, 1.54) is 0 Å². The molecular formula is C57H45N9. The van der Waals surface area contributed by atoms with Gasteiger partial charge in [0.1, 0.15) is 0 Å². The van der Waals surface area contributed by atoms with Gasteiger partial charge in [-0.25, -0.2) is 15.0 Å². The number of rotatable bonds is 9. The molecule has 0 unspecified atom stereocenters. The maximum atomic E-state index is 5.36. The Morgan fingerprint density at radius 1 is 0.197 bits per heavy atom. The number of nitrogens with zero attached hydrogens (tertiary/aromatic N) is 9. The highest BCUT2D eigenvalue weighted by Crippen LogP contribution is 2.37. The second-order valence-corrected chi connectivity index (χ2v) is 16.7. The van der Waals surface area contributed by atoms with E-state index in [0.717, 1.165) is 118 Å². The molecule has 0 aliphatic carbocycles. The Morgan fingerprint density at radius 3 is 0.530 bits per heavy atom. The molecular weight excluding hydrogens is 811 g/mol. The largest absolute Gasteiger partial charge is 0.253 e. The molecule has 10 rings (SSSR count). The molecule has 318 valence electrons. The molecule has 0 atom stereocenters. The Morgan fingerprint density at radius 2 is 0.364 bits per heavy atom. The van der Waals surface area contributed by atoms with E-state index in [2.05, 4.69) is 54.6 Å². The summed E-state index contributed by atoms with van der Waals surface area (Å²) >= 11 is 0. The molecule has 0 aliphatic heterocycles. The first-order valence-electron chi connectivity index (χ1n) is 21.9. The van der Waals surface area contributed by atoms with E-state index in [9.17, 15) is 0 Å². The predicted octanol–water partition coefficient (Wildman–Crippen LogP) is 13.1. The fourth-order valence-electron chi connectivity index (χ4n) is 8.14. The van der Waals surface area contributed by atoms with Gasteiger partial charge in [-0.3, -0.25) is 29.9 Å². The van der Waals surface area contributed by atoms with Gasteiger partial charge < -0.3 is 0 Å². The standard InChI is InChI=1S/C57H45N9/c1-34-13-7-19-49(58-34)40-25-41(50-20-8-14-35(2)59-50)29-46(28-40)55-64-56(47-30-42(51-21-9-15-36(3)60-51)26-43(31-47)52-22-10-16-37(4)61-52)66-57(65-55)48-32-44(53-23-11-17-38(5)62-53)27-45(33-48)54-24-12-18-39(6)63-54/h7-33H,1-6H3. The van der Waals surface area contributed by atoms with Crippen LogP contribution in [0.25, 0.3) is 102 Å².